The minimum Gasteiger partial charge on any atom is -0.299 e. The standard InChI is InChI=1S/C12H9BrFNOS.C2H6/c1-8(16-14)6-9-7-17-12(15-9)10-4-2-3-5-11(10)13;1-2/h2-5,7H,1,6H2;1-2H3. The highest BCUT2D eigenvalue weighted by Gasteiger charge is 2.09. The Morgan fingerprint density at radius 2 is 2.11 bits per heavy atom. The Balaban J connectivity index is 0.000000861. The largest absolute Gasteiger partial charge is 0.299 e. The average Bonchev–Trinajstić information content (AvgIpc) is 2.89. The monoisotopic (exact) mass is 343 g/mol. The van der Waals surface area contributed by atoms with Crippen molar-refractivity contribution in [3.8, 4) is 10.6 Å². The van der Waals surface area contributed by atoms with Gasteiger partial charge in [0.2, 0.25) is 0 Å². The van der Waals surface area contributed by atoms with Gasteiger partial charge in [-0.3, -0.25) is 4.94 Å². The Morgan fingerprint density at radius 3 is 2.74 bits per heavy atom. The Hall–Kier alpha value is -1.20. The first-order chi connectivity index (χ1) is 9.20. The molecule has 0 radical (unpaired) electrons. The lowest BCUT2D eigenvalue weighted by molar-refractivity contribution is -0.0846. The summed E-state index contributed by atoms with van der Waals surface area (Å²) in [5.74, 6) is 0.0639. The lowest BCUT2D eigenvalue weighted by Gasteiger charge is -1.99. The number of thiazole rings is 1. The second kappa shape index (κ2) is 8.07. The molecule has 0 N–H and O–H groups in total. The molecule has 2 nitrogen and oxygen atoms in total. The lowest BCUT2D eigenvalue weighted by Crippen LogP contribution is -1.89. The van der Waals surface area contributed by atoms with Gasteiger partial charge in [0.05, 0.1) is 12.1 Å². The van der Waals surface area contributed by atoms with Gasteiger partial charge in [-0.25, -0.2) is 4.98 Å². The third-order valence-electron chi connectivity index (χ3n) is 2.14. The van der Waals surface area contributed by atoms with E-state index in [2.05, 4.69) is 32.4 Å². The SMILES string of the molecule is C=C(Cc1csc(-c2ccccc2Br)n1)OF.CC. The third-order valence-corrected chi connectivity index (χ3v) is 3.76. The predicted molar refractivity (Wildman–Crippen MR) is 81.6 cm³/mol. The summed E-state index contributed by atoms with van der Waals surface area (Å²) < 4.78 is 12.8. The van der Waals surface area contributed by atoms with Crippen LogP contribution in [-0.2, 0) is 11.4 Å². The van der Waals surface area contributed by atoms with Crippen LogP contribution in [0, 0.1) is 0 Å². The molecule has 2 rings (SSSR count). The fourth-order valence-electron chi connectivity index (χ4n) is 1.38. The molecule has 0 atom stereocenters. The predicted octanol–water partition coefficient (Wildman–Crippen LogP) is 5.56. The van der Waals surface area contributed by atoms with Crippen LogP contribution in [0.3, 0.4) is 0 Å². The van der Waals surface area contributed by atoms with Gasteiger partial charge in [-0.15, -0.1) is 11.3 Å². The number of rotatable bonds is 4. The Kier molecular flexibility index (Phi) is 6.73. The molecule has 2 aromatic rings. The zero-order valence-electron chi connectivity index (χ0n) is 10.8. The number of benzene rings is 1. The van der Waals surface area contributed by atoms with Crippen LogP contribution in [0.4, 0.5) is 4.53 Å². The average molecular weight is 344 g/mol. The molecule has 19 heavy (non-hydrogen) atoms. The Morgan fingerprint density at radius 1 is 1.42 bits per heavy atom. The van der Waals surface area contributed by atoms with Gasteiger partial charge in [-0.1, -0.05) is 54.6 Å². The molecule has 0 aliphatic rings. The van der Waals surface area contributed by atoms with E-state index < -0.39 is 0 Å². The highest BCUT2D eigenvalue weighted by molar-refractivity contribution is 9.10. The highest BCUT2D eigenvalue weighted by atomic mass is 79.9. The van der Waals surface area contributed by atoms with Gasteiger partial charge >= 0.3 is 0 Å². The van der Waals surface area contributed by atoms with Gasteiger partial charge in [0.1, 0.15) is 10.8 Å². The van der Waals surface area contributed by atoms with Crippen LogP contribution in [0.15, 0.2) is 46.5 Å². The lowest BCUT2D eigenvalue weighted by atomic mass is 10.2. The van der Waals surface area contributed by atoms with E-state index in [0.29, 0.717) is 0 Å². The van der Waals surface area contributed by atoms with Gasteiger partial charge in [-0.2, -0.15) is 0 Å². The first kappa shape index (κ1) is 15.9. The van der Waals surface area contributed by atoms with Crippen molar-refractivity contribution in [1.29, 1.82) is 0 Å². The molecule has 0 aliphatic carbocycles. The van der Waals surface area contributed by atoms with Gasteiger partial charge in [0, 0.05) is 19.9 Å². The van der Waals surface area contributed by atoms with E-state index in [1.807, 2.05) is 43.5 Å². The maximum absolute atomic E-state index is 11.8. The molecule has 5 heteroatoms. The van der Waals surface area contributed by atoms with Crippen molar-refractivity contribution in [2.45, 2.75) is 20.3 Å². The van der Waals surface area contributed by atoms with Crippen LogP contribution in [0.2, 0.25) is 0 Å². The van der Waals surface area contributed by atoms with Crippen molar-refractivity contribution in [3.05, 3.63) is 52.2 Å². The number of allylic oxidation sites excluding steroid dienone is 1. The van der Waals surface area contributed by atoms with Crippen molar-refractivity contribution >= 4 is 27.3 Å². The second-order valence-electron chi connectivity index (χ2n) is 3.42. The number of halogens is 2. The summed E-state index contributed by atoms with van der Waals surface area (Å²) in [6, 6.07) is 7.83. The topological polar surface area (TPSA) is 22.1 Å². The van der Waals surface area contributed by atoms with E-state index >= 15 is 0 Å². The maximum Gasteiger partial charge on any atom is 0.147 e. The van der Waals surface area contributed by atoms with Crippen LogP contribution in [0.1, 0.15) is 19.5 Å². The Bertz CT molecular complexity index is 542. The first-order valence-corrected chi connectivity index (χ1v) is 7.53. The summed E-state index contributed by atoms with van der Waals surface area (Å²) >= 11 is 4.98. The number of hydrogen-bond donors (Lipinski definition) is 0. The molecule has 0 saturated heterocycles. The molecule has 1 heterocycles. The highest BCUT2D eigenvalue weighted by Crippen LogP contribution is 2.30. The van der Waals surface area contributed by atoms with E-state index in [0.717, 1.165) is 20.7 Å². The summed E-state index contributed by atoms with van der Waals surface area (Å²) in [6.45, 7) is 7.43. The molecular weight excluding hydrogens is 329 g/mol. The summed E-state index contributed by atoms with van der Waals surface area (Å²) in [6.07, 6.45) is 0.289. The smallest absolute Gasteiger partial charge is 0.147 e. The summed E-state index contributed by atoms with van der Waals surface area (Å²) in [4.78, 5) is 7.96. The molecule has 0 bridgehead atoms. The molecule has 1 aromatic carbocycles. The zero-order valence-corrected chi connectivity index (χ0v) is 13.2. The van der Waals surface area contributed by atoms with Crippen molar-refractivity contribution in [2.75, 3.05) is 0 Å². The van der Waals surface area contributed by atoms with Crippen molar-refractivity contribution < 1.29 is 9.47 Å². The molecule has 0 saturated carbocycles. The summed E-state index contributed by atoms with van der Waals surface area (Å²) in [7, 11) is 0. The van der Waals surface area contributed by atoms with Gasteiger partial charge in [0.25, 0.3) is 0 Å². The first-order valence-electron chi connectivity index (χ1n) is 5.86. The van der Waals surface area contributed by atoms with Crippen LogP contribution < -0.4 is 0 Å². The summed E-state index contributed by atoms with van der Waals surface area (Å²) in [5.41, 5.74) is 1.78. The van der Waals surface area contributed by atoms with Crippen LogP contribution in [0.5, 0.6) is 0 Å². The van der Waals surface area contributed by atoms with Gasteiger partial charge < -0.3 is 0 Å². The van der Waals surface area contributed by atoms with E-state index in [9.17, 15) is 4.53 Å². The van der Waals surface area contributed by atoms with Gasteiger partial charge in [-0.05, 0) is 6.07 Å². The molecular formula is C14H15BrFNOS. The summed E-state index contributed by atoms with van der Waals surface area (Å²) in [5, 5.41) is 2.76. The fourth-order valence-corrected chi connectivity index (χ4v) is 2.84. The van der Waals surface area contributed by atoms with E-state index in [-0.39, 0.29) is 12.2 Å². The molecule has 102 valence electrons. The third kappa shape index (κ3) is 4.44. The molecule has 0 aliphatic heterocycles. The van der Waals surface area contributed by atoms with E-state index in [1.54, 1.807) is 0 Å². The molecule has 1 aromatic heterocycles. The quantitative estimate of drug-likeness (QED) is 0.678. The van der Waals surface area contributed by atoms with Crippen molar-refractivity contribution in [1.82, 2.24) is 4.98 Å². The normalized spacial score (nSPS) is 9.47. The van der Waals surface area contributed by atoms with Crippen molar-refractivity contribution in [3.63, 3.8) is 0 Å². The number of hydrogen-bond acceptors (Lipinski definition) is 3. The van der Waals surface area contributed by atoms with E-state index in [1.165, 1.54) is 11.3 Å². The fraction of sp³-hybridized carbons (Fsp3) is 0.214. The molecule has 0 amide bonds. The van der Waals surface area contributed by atoms with Gasteiger partial charge in [0.15, 0.2) is 0 Å². The van der Waals surface area contributed by atoms with Crippen LogP contribution in [0.25, 0.3) is 10.6 Å². The molecule has 0 unspecified atom stereocenters. The maximum atomic E-state index is 11.8. The van der Waals surface area contributed by atoms with Crippen LogP contribution in [-0.4, -0.2) is 4.98 Å². The zero-order chi connectivity index (χ0) is 14.3. The number of aromatic nitrogens is 1. The molecule has 0 fully saturated rings. The second-order valence-corrected chi connectivity index (χ2v) is 5.13. The van der Waals surface area contributed by atoms with Crippen molar-refractivity contribution in [2.24, 2.45) is 0 Å². The van der Waals surface area contributed by atoms with E-state index in [4.69, 9.17) is 0 Å². The minimum absolute atomic E-state index is 0.0639. The molecule has 0 spiro atoms. The van der Waals surface area contributed by atoms with Crippen LogP contribution >= 0.6 is 27.3 Å². The number of nitrogens with zero attached hydrogens (tertiary/aromatic N) is 1. The Labute approximate surface area is 125 Å². The minimum atomic E-state index is 0.0639.